The molecule has 4 aromatic carbocycles. The van der Waals surface area contributed by atoms with Crippen molar-refractivity contribution in [1.29, 1.82) is 0 Å². The van der Waals surface area contributed by atoms with E-state index in [0.29, 0.717) is 28.1 Å². The molecule has 0 bridgehead atoms. The molecule has 26 heteroatoms. The molecule has 0 aliphatic carbocycles. The number of hydrogen-bond donors (Lipinski definition) is 14. The van der Waals surface area contributed by atoms with Crippen LogP contribution in [-0.4, -0.2) is 148 Å². The Bertz CT molecular complexity index is 2780. The molecule has 9 atom stereocenters. The van der Waals surface area contributed by atoms with Crippen LogP contribution in [0.4, 0.5) is 0 Å². The number of primary amides is 2. The molecule has 80 heavy (non-hydrogen) atoms. The standard InChI is InChI=1S/C54H68ClN11O12S2/c1-29(67)45-54(78)65-44(52(76)61-39(47(58)71)23-32-10-18-36(68)19-11-32)28-80-79-27-43(64-49(73)40(59-2)24-31-8-16-35(55)17-9-31)53(77)63-42(26-33-12-20-37(69)21-13-33)51(75)62-41(25-30-6-14-34(15-7-30)46(57)70)50(74)60-38(48(72)66-45)5-3-4-22-56/h6-21,29,38-45,59,67-69H,3-5,22-28,56H2,1-2H3,(H2,57,70)(H2,58,71)(H,60,74)(H,61,76)(H,62,75)(H,63,77)(H,64,73)(H,65,78)(H,66,72)/t29-,38+,39-,40+,41-,42+,43-,44+,45+/m1/s1. The van der Waals surface area contributed by atoms with Crippen molar-refractivity contribution in [3.05, 3.63) is 130 Å². The van der Waals surface area contributed by atoms with Gasteiger partial charge < -0.3 is 75.1 Å². The third-order valence-electron chi connectivity index (χ3n) is 12.8. The van der Waals surface area contributed by atoms with Crippen molar-refractivity contribution in [2.45, 2.75) is 106 Å². The number of nitrogens with one attached hydrogen (secondary N) is 8. The number of phenolic OH excluding ortho intramolecular Hbond substituents is 2. The van der Waals surface area contributed by atoms with Crippen molar-refractivity contribution in [1.82, 2.24) is 42.5 Å². The molecule has 430 valence electrons. The van der Waals surface area contributed by atoms with Crippen LogP contribution in [0.2, 0.25) is 5.02 Å². The van der Waals surface area contributed by atoms with E-state index >= 15 is 0 Å². The van der Waals surface area contributed by atoms with Crippen LogP contribution in [0.15, 0.2) is 97.1 Å². The number of nitrogens with two attached hydrogens (primary N) is 3. The largest absolute Gasteiger partial charge is 0.508 e. The lowest BCUT2D eigenvalue weighted by atomic mass is 10.00. The van der Waals surface area contributed by atoms with E-state index in [0.717, 1.165) is 27.2 Å². The molecule has 1 heterocycles. The predicted molar refractivity (Wildman–Crippen MR) is 303 cm³/mol. The first-order chi connectivity index (χ1) is 38.1. The highest BCUT2D eigenvalue weighted by Crippen LogP contribution is 2.24. The molecule has 1 saturated heterocycles. The zero-order chi connectivity index (χ0) is 58.5. The zero-order valence-electron chi connectivity index (χ0n) is 43.9. The van der Waals surface area contributed by atoms with Crippen LogP contribution in [0.25, 0.3) is 0 Å². The number of benzene rings is 4. The number of amides is 9. The Labute approximate surface area is 475 Å². The highest BCUT2D eigenvalue weighted by Gasteiger charge is 2.37. The lowest BCUT2D eigenvalue weighted by molar-refractivity contribution is -0.136. The van der Waals surface area contributed by atoms with Crippen LogP contribution < -0.4 is 59.7 Å². The molecule has 0 radical (unpaired) electrons. The Kier molecular flexibility index (Phi) is 24.9. The number of aliphatic hydroxyl groups excluding tert-OH is 1. The number of rotatable bonds is 20. The first kappa shape index (κ1) is 63.4. The van der Waals surface area contributed by atoms with Gasteiger partial charge in [0.15, 0.2) is 0 Å². The third-order valence-corrected chi connectivity index (χ3v) is 15.5. The second-order valence-corrected chi connectivity index (χ2v) is 22.0. The van der Waals surface area contributed by atoms with E-state index in [2.05, 4.69) is 42.5 Å². The van der Waals surface area contributed by atoms with Gasteiger partial charge in [-0.3, -0.25) is 43.2 Å². The first-order valence-corrected chi connectivity index (χ1v) is 28.4. The van der Waals surface area contributed by atoms with E-state index in [9.17, 15) is 58.5 Å². The monoisotopic (exact) mass is 1160 g/mol. The number of halogens is 1. The van der Waals surface area contributed by atoms with Crippen molar-refractivity contribution in [2.75, 3.05) is 25.1 Å². The van der Waals surface area contributed by atoms with Gasteiger partial charge in [-0.2, -0.15) is 0 Å². The number of aromatic hydroxyl groups is 2. The smallest absolute Gasteiger partial charge is 0.248 e. The second-order valence-electron chi connectivity index (χ2n) is 19.0. The van der Waals surface area contributed by atoms with E-state index in [4.69, 9.17) is 28.8 Å². The number of hydrogen-bond acceptors (Lipinski definition) is 16. The summed E-state index contributed by atoms with van der Waals surface area (Å²) in [7, 11) is 3.50. The summed E-state index contributed by atoms with van der Waals surface area (Å²) in [5.74, 6) is -8.50. The van der Waals surface area contributed by atoms with E-state index < -0.39 is 108 Å². The van der Waals surface area contributed by atoms with Gasteiger partial charge in [-0.25, -0.2) is 0 Å². The number of likely N-dealkylation sites (N-methyl/N-ethyl adjacent to an activating group) is 1. The van der Waals surface area contributed by atoms with Crippen LogP contribution in [0.1, 0.15) is 58.8 Å². The van der Waals surface area contributed by atoms with E-state index in [-0.39, 0.29) is 73.6 Å². The molecule has 9 amide bonds. The number of carbonyl (C=O) groups excluding carboxylic acids is 9. The highest BCUT2D eigenvalue weighted by atomic mass is 35.5. The Morgan fingerprint density at radius 2 is 1.12 bits per heavy atom. The molecule has 0 unspecified atom stereocenters. The van der Waals surface area contributed by atoms with Crippen LogP contribution in [0.5, 0.6) is 11.5 Å². The van der Waals surface area contributed by atoms with Gasteiger partial charge in [0.2, 0.25) is 53.2 Å². The number of phenols is 2. The summed E-state index contributed by atoms with van der Waals surface area (Å²) in [6.07, 6.45) is -1.39. The summed E-state index contributed by atoms with van der Waals surface area (Å²) in [4.78, 5) is 126. The fraction of sp³-hybridized carbons (Fsp3) is 0.389. The van der Waals surface area contributed by atoms with Crippen LogP contribution in [0.3, 0.4) is 0 Å². The Morgan fingerprint density at radius 3 is 1.65 bits per heavy atom. The molecular formula is C54H68ClN11O12S2. The molecule has 0 spiro atoms. The van der Waals surface area contributed by atoms with Gasteiger partial charge in [-0.05, 0) is 117 Å². The molecule has 1 fully saturated rings. The normalized spacial score (nSPS) is 20.9. The minimum absolute atomic E-state index is 0.0495. The molecule has 4 aromatic rings. The second kappa shape index (κ2) is 31.4. The fourth-order valence-corrected chi connectivity index (χ4v) is 10.7. The molecule has 17 N–H and O–H groups in total. The summed E-state index contributed by atoms with van der Waals surface area (Å²) in [5, 5.41) is 52.9. The lowest BCUT2D eigenvalue weighted by Gasteiger charge is -2.29. The van der Waals surface area contributed by atoms with Crippen LogP contribution >= 0.6 is 33.2 Å². The minimum Gasteiger partial charge on any atom is -0.508 e. The van der Waals surface area contributed by atoms with E-state index in [1.165, 1.54) is 79.7 Å². The summed E-state index contributed by atoms with van der Waals surface area (Å²) >= 11 is 6.12. The van der Waals surface area contributed by atoms with Crippen molar-refractivity contribution < 1.29 is 58.5 Å². The van der Waals surface area contributed by atoms with Gasteiger partial charge in [-0.15, -0.1) is 0 Å². The molecule has 23 nitrogen and oxygen atoms in total. The Balaban J connectivity index is 1.59. The van der Waals surface area contributed by atoms with Crippen LogP contribution in [-0.2, 0) is 64.0 Å². The van der Waals surface area contributed by atoms with E-state index in [1.807, 2.05) is 0 Å². The average Bonchev–Trinajstić information content (AvgIpc) is 3.43. The highest BCUT2D eigenvalue weighted by molar-refractivity contribution is 8.76. The number of carbonyl (C=O) groups is 9. The zero-order valence-corrected chi connectivity index (χ0v) is 46.3. The predicted octanol–water partition coefficient (Wildman–Crippen LogP) is -0.508. The number of unbranched alkanes of at least 4 members (excludes halogenated alkanes) is 1. The Morgan fingerprint density at radius 1 is 0.637 bits per heavy atom. The Hall–Kier alpha value is -7.42. The van der Waals surface area contributed by atoms with Crippen molar-refractivity contribution in [2.24, 2.45) is 17.2 Å². The summed E-state index contributed by atoms with van der Waals surface area (Å²) in [6.45, 7) is 1.42. The van der Waals surface area contributed by atoms with Crippen molar-refractivity contribution >= 4 is 86.4 Å². The maximum Gasteiger partial charge on any atom is 0.248 e. The SMILES string of the molecule is CN[C@@H](Cc1ccc(Cl)cc1)C(=O)N[C@@H]1CSSC[C@@H](C(=O)N[C@H](Cc2ccc(O)cc2)C(N)=O)NC(=O)[C@H]([C@@H](C)O)NC(=O)[C@H](CCCCN)NC(=O)[C@@H](Cc2ccc(C(N)=O)cc2)NC(=O)[C@H](Cc2ccc(O)cc2)NC1=O. The molecule has 1 aliphatic heterocycles. The third kappa shape index (κ3) is 20.0. The lowest BCUT2D eigenvalue weighted by Crippen LogP contribution is -2.62. The van der Waals surface area contributed by atoms with Gasteiger partial charge in [0.1, 0.15) is 53.8 Å². The van der Waals surface area contributed by atoms with Gasteiger partial charge >= 0.3 is 0 Å². The molecule has 0 saturated carbocycles. The molecule has 5 rings (SSSR count). The van der Waals surface area contributed by atoms with E-state index in [1.54, 1.807) is 31.3 Å². The first-order valence-electron chi connectivity index (χ1n) is 25.5. The summed E-state index contributed by atoms with van der Waals surface area (Å²) < 4.78 is 0. The van der Waals surface area contributed by atoms with Crippen molar-refractivity contribution in [3.63, 3.8) is 0 Å². The van der Waals surface area contributed by atoms with Gasteiger partial charge in [0.05, 0.1) is 12.1 Å². The summed E-state index contributed by atoms with van der Waals surface area (Å²) in [5.41, 5.74) is 19.3. The quantitative estimate of drug-likeness (QED) is 0.0392. The van der Waals surface area contributed by atoms with Gasteiger partial charge in [0, 0.05) is 41.4 Å². The average molecular weight is 1160 g/mol. The maximum atomic E-state index is 14.8. The topological polar surface area (TPSA) is 389 Å². The molecular weight excluding hydrogens is 1090 g/mol. The minimum atomic E-state index is -1.75. The maximum absolute atomic E-state index is 14.8. The van der Waals surface area contributed by atoms with Crippen molar-refractivity contribution in [3.8, 4) is 11.5 Å². The van der Waals surface area contributed by atoms with Gasteiger partial charge in [0.25, 0.3) is 0 Å². The molecule has 1 aliphatic rings. The fourth-order valence-electron chi connectivity index (χ4n) is 8.24. The summed E-state index contributed by atoms with van der Waals surface area (Å²) in [6, 6.07) is 12.9. The molecule has 0 aromatic heterocycles. The number of aliphatic hydroxyl groups is 1. The van der Waals surface area contributed by atoms with Crippen LogP contribution in [0, 0.1) is 0 Å². The van der Waals surface area contributed by atoms with Gasteiger partial charge in [-0.1, -0.05) is 81.7 Å².